The number of nitrogens with one attached hydrogen (secondary N) is 1. The summed E-state index contributed by atoms with van der Waals surface area (Å²) in [5, 5.41) is 3.75. The van der Waals surface area contributed by atoms with Gasteiger partial charge in [0.1, 0.15) is 0 Å². The van der Waals surface area contributed by atoms with Crippen LogP contribution < -0.4 is 11.1 Å². The molecule has 0 unspecified atom stereocenters. The smallest absolute Gasteiger partial charge is 0.183 e. The van der Waals surface area contributed by atoms with E-state index in [1.165, 1.54) is 6.07 Å². The molecule has 5 heteroatoms. The van der Waals surface area contributed by atoms with Gasteiger partial charge in [0.05, 0.1) is 11.4 Å². The van der Waals surface area contributed by atoms with Crippen molar-refractivity contribution in [3.8, 4) is 0 Å². The Labute approximate surface area is 110 Å². The number of rotatable bonds is 3. The molecule has 0 heterocycles. The van der Waals surface area contributed by atoms with E-state index in [4.69, 9.17) is 5.73 Å². The Balaban J connectivity index is 2.04. The number of hydrogen-bond acceptors (Lipinski definition) is 3. The van der Waals surface area contributed by atoms with Crippen molar-refractivity contribution < 1.29 is 8.78 Å². The average molecular weight is 272 g/mol. The summed E-state index contributed by atoms with van der Waals surface area (Å²) in [7, 11) is 0. The summed E-state index contributed by atoms with van der Waals surface area (Å²) in [6, 6.07) is 2.64. The lowest BCUT2D eigenvalue weighted by atomic mass is 9.94. The average Bonchev–Trinajstić information content (AvgIpc) is 2.40. The van der Waals surface area contributed by atoms with Crippen molar-refractivity contribution in [1.29, 1.82) is 0 Å². The fourth-order valence-electron chi connectivity index (χ4n) is 2.36. The minimum Gasteiger partial charge on any atom is -0.397 e. The molecule has 0 saturated heterocycles. The van der Waals surface area contributed by atoms with Crippen LogP contribution in [0.5, 0.6) is 0 Å². The molecule has 0 amide bonds. The molecule has 1 aliphatic carbocycles. The molecule has 1 aliphatic rings. The molecular formula is C13H18F2N2S. The molecule has 0 aliphatic heterocycles. The highest BCUT2D eigenvalue weighted by Gasteiger charge is 2.22. The molecule has 2 nitrogen and oxygen atoms in total. The van der Waals surface area contributed by atoms with E-state index < -0.39 is 11.6 Å². The normalized spacial score (nSPS) is 23.9. The van der Waals surface area contributed by atoms with Crippen molar-refractivity contribution in [3.05, 3.63) is 23.8 Å². The van der Waals surface area contributed by atoms with Crippen LogP contribution in [0.25, 0.3) is 0 Å². The number of benzene rings is 1. The van der Waals surface area contributed by atoms with Crippen LogP contribution in [-0.4, -0.2) is 17.5 Å². The summed E-state index contributed by atoms with van der Waals surface area (Å²) < 4.78 is 26.8. The number of thioether (sulfide) groups is 1. The summed E-state index contributed by atoms with van der Waals surface area (Å²) in [4.78, 5) is 0. The molecule has 1 aromatic rings. The lowest BCUT2D eigenvalue weighted by molar-refractivity contribution is 0.466. The maximum Gasteiger partial charge on any atom is 0.183 e. The summed E-state index contributed by atoms with van der Waals surface area (Å²) >= 11 is 1.88. The van der Waals surface area contributed by atoms with E-state index in [-0.39, 0.29) is 17.4 Å². The highest BCUT2D eigenvalue weighted by molar-refractivity contribution is 7.99. The molecule has 1 aromatic carbocycles. The van der Waals surface area contributed by atoms with Crippen LogP contribution in [0.15, 0.2) is 12.1 Å². The molecular weight excluding hydrogens is 254 g/mol. The Morgan fingerprint density at radius 2 is 1.89 bits per heavy atom. The van der Waals surface area contributed by atoms with Gasteiger partial charge < -0.3 is 11.1 Å². The van der Waals surface area contributed by atoms with E-state index >= 15 is 0 Å². The highest BCUT2D eigenvalue weighted by Crippen LogP contribution is 2.31. The van der Waals surface area contributed by atoms with Crippen LogP contribution in [0.3, 0.4) is 0 Å². The maximum atomic E-state index is 13.6. The molecule has 1 saturated carbocycles. The van der Waals surface area contributed by atoms with Gasteiger partial charge in [-0.1, -0.05) is 0 Å². The SMILES string of the molecule is CSC1CCC(Nc2c(N)ccc(F)c2F)CC1. The Morgan fingerprint density at radius 1 is 1.22 bits per heavy atom. The van der Waals surface area contributed by atoms with E-state index in [1.54, 1.807) is 0 Å². The Hall–Kier alpha value is -0.970. The largest absolute Gasteiger partial charge is 0.397 e. The van der Waals surface area contributed by atoms with Crippen LogP contribution in [0.4, 0.5) is 20.2 Å². The van der Waals surface area contributed by atoms with Gasteiger partial charge in [0.15, 0.2) is 11.6 Å². The van der Waals surface area contributed by atoms with Gasteiger partial charge in [-0.2, -0.15) is 11.8 Å². The maximum absolute atomic E-state index is 13.6. The molecule has 2 rings (SSSR count). The van der Waals surface area contributed by atoms with Gasteiger partial charge >= 0.3 is 0 Å². The van der Waals surface area contributed by atoms with Crippen LogP contribution in [0, 0.1) is 11.6 Å². The van der Waals surface area contributed by atoms with Gasteiger partial charge in [-0.3, -0.25) is 0 Å². The predicted octanol–water partition coefficient (Wildman–Crippen LogP) is 3.63. The third-order valence-electron chi connectivity index (χ3n) is 3.48. The predicted molar refractivity (Wildman–Crippen MR) is 74.0 cm³/mol. The fraction of sp³-hybridized carbons (Fsp3) is 0.538. The van der Waals surface area contributed by atoms with Gasteiger partial charge in [-0.05, 0) is 44.1 Å². The topological polar surface area (TPSA) is 38.0 Å². The van der Waals surface area contributed by atoms with E-state index in [0.717, 1.165) is 31.7 Å². The first-order chi connectivity index (χ1) is 8.61. The third kappa shape index (κ3) is 2.88. The number of halogens is 2. The first kappa shape index (κ1) is 13.5. The minimum absolute atomic E-state index is 0.114. The Bertz CT molecular complexity index is 418. The van der Waals surface area contributed by atoms with Crippen molar-refractivity contribution in [2.45, 2.75) is 37.0 Å². The van der Waals surface area contributed by atoms with Crippen LogP contribution in [-0.2, 0) is 0 Å². The van der Waals surface area contributed by atoms with Crippen LogP contribution >= 0.6 is 11.8 Å². The van der Waals surface area contributed by atoms with E-state index in [1.807, 2.05) is 11.8 Å². The summed E-state index contributed by atoms with van der Waals surface area (Å²) in [5.41, 5.74) is 6.07. The minimum atomic E-state index is -0.873. The molecule has 0 aromatic heterocycles. The molecule has 0 radical (unpaired) electrons. The number of nitrogen functional groups attached to an aromatic ring is 1. The molecule has 0 spiro atoms. The van der Waals surface area contributed by atoms with Gasteiger partial charge in [0.2, 0.25) is 0 Å². The Kier molecular flexibility index (Phi) is 4.32. The lowest BCUT2D eigenvalue weighted by Gasteiger charge is -2.29. The summed E-state index contributed by atoms with van der Waals surface area (Å²) in [6.07, 6.45) is 6.27. The summed E-state index contributed by atoms with van der Waals surface area (Å²) in [6.45, 7) is 0. The van der Waals surface area contributed by atoms with Crippen molar-refractivity contribution >= 4 is 23.1 Å². The van der Waals surface area contributed by atoms with Crippen LogP contribution in [0.2, 0.25) is 0 Å². The zero-order valence-corrected chi connectivity index (χ0v) is 11.2. The van der Waals surface area contributed by atoms with Gasteiger partial charge in [0, 0.05) is 11.3 Å². The molecule has 18 heavy (non-hydrogen) atoms. The quantitative estimate of drug-likeness (QED) is 0.825. The molecule has 100 valence electrons. The standard InChI is InChI=1S/C13H18F2N2S/c1-18-9-4-2-8(3-5-9)17-13-11(16)7-6-10(14)12(13)15/h6-9,17H,2-5,16H2,1H3. The Morgan fingerprint density at radius 3 is 2.50 bits per heavy atom. The summed E-state index contributed by atoms with van der Waals surface area (Å²) in [5.74, 6) is -1.73. The molecule has 0 atom stereocenters. The van der Waals surface area contributed by atoms with Gasteiger partial charge in [0.25, 0.3) is 0 Å². The molecule has 1 fully saturated rings. The van der Waals surface area contributed by atoms with Crippen molar-refractivity contribution in [3.63, 3.8) is 0 Å². The lowest BCUT2D eigenvalue weighted by Crippen LogP contribution is -2.28. The van der Waals surface area contributed by atoms with E-state index in [2.05, 4.69) is 11.6 Å². The second-order valence-electron chi connectivity index (χ2n) is 4.68. The van der Waals surface area contributed by atoms with Gasteiger partial charge in [-0.15, -0.1) is 0 Å². The first-order valence-electron chi connectivity index (χ1n) is 6.14. The van der Waals surface area contributed by atoms with Crippen molar-refractivity contribution in [1.82, 2.24) is 0 Å². The zero-order valence-electron chi connectivity index (χ0n) is 10.4. The highest BCUT2D eigenvalue weighted by atomic mass is 32.2. The second kappa shape index (κ2) is 5.78. The van der Waals surface area contributed by atoms with Crippen LogP contribution in [0.1, 0.15) is 25.7 Å². The monoisotopic (exact) mass is 272 g/mol. The fourth-order valence-corrected chi connectivity index (χ4v) is 3.10. The van der Waals surface area contributed by atoms with Gasteiger partial charge in [-0.25, -0.2) is 8.78 Å². The van der Waals surface area contributed by atoms with E-state index in [0.29, 0.717) is 5.25 Å². The molecule has 0 bridgehead atoms. The number of hydrogen-bond donors (Lipinski definition) is 2. The van der Waals surface area contributed by atoms with Crippen molar-refractivity contribution in [2.24, 2.45) is 0 Å². The van der Waals surface area contributed by atoms with Crippen molar-refractivity contribution in [2.75, 3.05) is 17.3 Å². The second-order valence-corrected chi connectivity index (χ2v) is 5.82. The zero-order chi connectivity index (χ0) is 13.1. The number of nitrogens with two attached hydrogens (primary N) is 1. The number of anilines is 2. The van der Waals surface area contributed by atoms with E-state index in [9.17, 15) is 8.78 Å². The third-order valence-corrected chi connectivity index (χ3v) is 4.62. The molecule has 3 N–H and O–H groups in total. The first-order valence-corrected chi connectivity index (χ1v) is 7.43.